The minimum atomic E-state index is -4.17. The van der Waals surface area contributed by atoms with E-state index in [-0.39, 0.29) is 10.2 Å². The lowest BCUT2D eigenvalue weighted by Crippen LogP contribution is -2.27. The van der Waals surface area contributed by atoms with Gasteiger partial charge in [-0.15, -0.1) is 4.52 Å². The Balaban J connectivity index is 0.000000544. The second kappa shape index (κ2) is 11.5. The maximum absolute atomic E-state index is 11.6. The maximum atomic E-state index is 11.6. The van der Waals surface area contributed by atoms with Gasteiger partial charge in [0.1, 0.15) is 10.9 Å². The molecular formula is C11H19FN2O9PS+. The number of carbonyl (C=O) groups is 1. The van der Waals surface area contributed by atoms with Gasteiger partial charge in [-0.2, -0.15) is 14.7 Å². The average molecular weight is 405 g/mol. The van der Waals surface area contributed by atoms with Crippen LogP contribution < -0.4 is 5.69 Å². The summed E-state index contributed by atoms with van der Waals surface area (Å²) in [5, 5.41) is 16.9. The molecule has 0 amide bonds. The molecule has 0 aromatic carbocycles. The van der Waals surface area contributed by atoms with Crippen LogP contribution in [0.2, 0.25) is 0 Å². The lowest BCUT2D eigenvalue weighted by atomic mass is 10.3. The van der Waals surface area contributed by atoms with Gasteiger partial charge in [-0.05, 0) is 6.42 Å². The summed E-state index contributed by atoms with van der Waals surface area (Å²) in [6.07, 6.45) is 1.48. The Morgan fingerprint density at radius 2 is 2.08 bits per heavy atom. The molecule has 6 N–H and O–H groups in total. The molecule has 25 heavy (non-hydrogen) atoms. The zero-order valence-corrected chi connectivity index (χ0v) is 14.7. The van der Waals surface area contributed by atoms with Gasteiger partial charge in [0, 0.05) is 12.6 Å². The van der Waals surface area contributed by atoms with Gasteiger partial charge in [0.05, 0.1) is 12.7 Å². The van der Waals surface area contributed by atoms with Crippen LogP contribution in [0.15, 0.2) is 11.0 Å². The monoisotopic (exact) mass is 405 g/mol. The predicted octanol–water partition coefficient (Wildman–Crippen LogP) is -0.461. The van der Waals surface area contributed by atoms with E-state index in [0.717, 1.165) is 0 Å². The molecule has 14 heteroatoms. The van der Waals surface area contributed by atoms with E-state index in [9.17, 15) is 19.1 Å². The van der Waals surface area contributed by atoms with Gasteiger partial charge < -0.3 is 14.9 Å². The van der Waals surface area contributed by atoms with Crippen LogP contribution in [0.25, 0.3) is 0 Å². The molecule has 1 aromatic rings. The van der Waals surface area contributed by atoms with Gasteiger partial charge in [-0.1, -0.05) is 12.2 Å². The van der Waals surface area contributed by atoms with Gasteiger partial charge >= 0.3 is 13.9 Å². The van der Waals surface area contributed by atoms with E-state index < -0.39 is 33.2 Å². The third-order valence-electron chi connectivity index (χ3n) is 2.64. The number of H-pyrrole nitrogens is 1. The van der Waals surface area contributed by atoms with Crippen LogP contribution >= 0.6 is 20.4 Å². The Hall–Kier alpha value is -1.15. The van der Waals surface area contributed by atoms with Crippen molar-refractivity contribution in [3.8, 4) is 0 Å². The fourth-order valence-electron chi connectivity index (χ4n) is 1.68. The molecule has 0 bridgehead atoms. The Kier molecular flexibility index (Phi) is 10.9. The van der Waals surface area contributed by atoms with Crippen molar-refractivity contribution in [2.45, 2.75) is 25.4 Å². The molecule has 2 heterocycles. The molecule has 0 saturated carbocycles. The number of hydrogen-bond acceptors (Lipinski definition) is 10. The van der Waals surface area contributed by atoms with Crippen molar-refractivity contribution in [3.05, 3.63) is 26.9 Å². The largest absolute Gasteiger partial charge is 0.569 e. The van der Waals surface area contributed by atoms with Gasteiger partial charge in [0.15, 0.2) is 19.4 Å². The first kappa shape index (κ1) is 23.9. The van der Waals surface area contributed by atoms with Crippen molar-refractivity contribution in [2.24, 2.45) is 0 Å². The van der Waals surface area contributed by atoms with Crippen molar-refractivity contribution >= 4 is 26.7 Å². The molecule has 0 spiro atoms. The number of aliphatic hydroxyl groups excluding tert-OH is 2. The van der Waals surface area contributed by atoms with Gasteiger partial charge in [0.2, 0.25) is 0 Å². The number of halogens is 1. The number of ether oxygens (including phenoxy) is 1. The van der Waals surface area contributed by atoms with Crippen LogP contribution in [0.5, 0.6) is 0 Å². The van der Waals surface area contributed by atoms with E-state index in [0.29, 0.717) is 26.3 Å². The zero-order valence-electron chi connectivity index (χ0n) is 13.0. The van der Waals surface area contributed by atoms with Crippen molar-refractivity contribution < 1.29 is 43.3 Å². The van der Waals surface area contributed by atoms with Crippen LogP contribution in [0, 0.1) is 4.64 Å². The Labute approximate surface area is 146 Å². The molecule has 2 rings (SSSR count). The molecule has 1 aromatic heterocycles. The van der Waals surface area contributed by atoms with E-state index in [1.807, 2.05) is 0 Å². The van der Waals surface area contributed by atoms with E-state index in [1.54, 1.807) is 0 Å². The van der Waals surface area contributed by atoms with Gasteiger partial charge in [0.25, 0.3) is 0 Å². The molecule has 2 atom stereocenters. The van der Waals surface area contributed by atoms with Crippen molar-refractivity contribution in [1.29, 1.82) is 0 Å². The summed E-state index contributed by atoms with van der Waals surface area (Å²) in [7, 11) is -3.67. The Bertz CT molecular complexity index is 648. The number of nitrogens with zero attached hydrogens (tertiary/aromatic N) is 1. The maximum Gasteiger partial charge on any atom is 0.569 e. The number of carbonyl (C=O) groups excluding carboxylic acids is 1. The summed E-state index contributed by atoms with van der Waals surface area (Å²) in [6.45, 7) is -0.892. The first-order valence-corrected chi connectivity index (χ1v) is 8.50. The molecule has 1 fully saturated rings. The highest BCUT2D eigenvalue weighted by atomic mass is 32.1. The first-order valence-electron chi connectivity index (χ1n) is 6.52. The molecule has 1 aliphatic rings. The molecule has 1 saturated heterocycles. The molecule has 144 valence electrons. The summed E-state index contributed by atoms with van der Waals surface area (Å²) >= 11 is 4.81. The molecular weight excluding hydrogens is 386 g/mol. The van der Waals surface area contributed by atoms with Crippen LogP contribution in [-0.2, 0) is 9.26 Å². The summed E-state index contributed by atoms with van der Waals surface area (Å²) < 4.78 is 19.5. The van der Waals surface area contributed by atoms with Crippen LogP contribution in [0.3, 0.4) is 0 Å². The average Bonchev–Trinajstić information content (AvgIpc) is 2.95. The SMILES string of the molecule is CF.O=Cc1cn(C2CC[C@@H](O)O2)c(=O)[nH]c1=S.OCO[P+](O)(O)O. The van der Waals surface area contributed by atoms with E-state index >= 15 is 0 Å². The second-order valence-electron chi connectivity index (χ2n) is 4.26. The van der Waals surface area contributed by atoms with Crippen molar-refractivity contribution in [1.82, 2.24) is 9.55 Å². The minimum Gasteiger partial charge on any atom is -0.368 e. The number of aromatic nitrogens is 2. The van der Waals surface area contributed by atoms with E-state index in [2.05, 4.69) is 9.51 Å². The number of rotatable bonds is 4. The van der Waals surface area contributed by atoms with Crippen LogP contribution in [0.4, 0.5) is 4.39 Å². The van der Waals surface area contributed by atoms with Crippen LogP contribution in [0.1, 0.15) is 29.4 Å². The lowest BCUT2D eigenvalue weighted by molar-refractivity contribution is -0.113. The minimum absolute atomic E-state index is 0.106. The fourth-order valence-corrected chi connectivity index (χ4v) is 2.03. The van der Waals surface area contributed by atoms with E-state index in [4.69, 9.17) is 36.7 Å². The number of alkyl halides is 1. The fraction of sp³-hybridized carbons (Fsp3) is 0.545. The summed E-state index contributed by atoms with van der Waals surface area (Å²) in [4.78, 5) is 48.2. The zero-order chi connectivity index (χ0) is 19.6. The summed E-state index contributed by atoms with van der Waals surface area (Å²) in [5.74, 6) is 0. The second-order valence-corrected chi connectivity index (χ2v) is 5.96. The van der Waals surface area contributed by atoms with E-state index in [1.165, 1.54) is 10.8 Å². The standard InChI is InChI=1S/C9H10N2O4S.CH3F.CH6O5P/c12-4-5-3-11(9(14)10-8(5)16)6-1-2-7(13)15-6;1-2;2-1-6-7(3,4)5/h3-4,6-7,13H,1-2H2,(H,10,14,16);1H3;2-5H,1H2/q;;+1/t6?,7-;;/m0../s1. The third kappa shape index (κ3) is 8.67. The summed E-state index contributed by atoms with van der Waals surface area (Å²) in [6, 6.07) is 0. The quantitative estimate of drug-likeness (QED) is 0.166. The normalized spacial score (nSPS) is 19.3. The lowest BCUT2D eigenvalue weighted by Gasteiger charge is -2.13. The highest BCUT2D eigenvalue weighted by Gasteiger charge is 2.32. The van der Waals surface area contributed by atoms with Gasteiger partial charge in [-0.25, -0.2) is 4.79 Å². The highest BCUT2D eigenvalue weighted by molar-refractivity contribution is 7.71. The smallest absolute Gasteiger partial charge is 0.368 e. The number of aliphatic hydroxyl groups is 2. The topological polar surface area (TPSA) is 174 Å². The molecule has 11 nitrogen and oxygen atoms in total. The predicted molar refractivity (Wildman–Crippen MR) is 85.4 cm³/mol. The Morgan fingerprint density at radius 1 is 1.48 bits per heavy atom. The van der Waals surface area contributed by atoms with Gasteiger partial charge in [-0.3, -0.25) is 18.7 Å². The van der Waals surface area contributed by atoms with Crippen molar-refractivity contribution in [3.63, 3.8) is 0 Å². The molecule has 1 aliphatic heterocycles. The molecule has 1 unspecified atom stereocenters. The van der Waals surface area contributed by atoms with Crippen molar-refractivity contribution in [2.75, 3.05) is 14.0 Å². The van der Waals surface area contributed by atoms with Crippen LogP contribution in [-0.4, -0.2) is 61.0 Å². The third-order valence-corrected chi connectivity index (χ3v) is 3.44. The number of aromatic amines is 1. The number of hydrogen-bond donors (Lipinski definition) is 6. The molecule has 0 radical (unpaired) electrons. The Morgan fingerprint density at radius 3 is 2.44 bits per heavy atom. The molecule has 0 aliphatic carbocycles. The highest BCUT2D eigenvalue weighted by Crippen LogP contribution is 2.44. The first-order chi connectivity index (χ1) is 11.7. The number of aldehydes is 1. The number of nitrogens with one attached hydrogen (secondary N) is 1. The summed E-state index contributed by atoms with van der Waals surface area (Å²) in [5.41, 5.74) is -0.228.